The lowest BCUT2D eigenvalue weighted by Gasteiger charge is -2.22. The normalized spacial score (nSPS) is 16.3. The van der Waals surface area contributed by atoms with E-state index in [2.05, 4.69) is 10.6 Å². The SMILES string of the molecule is Cc1ccc([N+](=O)[O-])c(C)c1NC(=O)NCC1(O)CCCC1. The van der Waals surface area contributed by atoms with Gasteiger partial charge in [-0.25, -0.2) is 4.79 Å². The molecule has 7 nitrogen and oxygen atoms in total. The van der Waals surface area contributed by atoms with E-state index in [1.807, 2.05) is 0 Å². The zero-order valence-corrected chi connectivity index (χ0v) is 12.8. The van der Waals surface area contributed by atoms with Crippen LogP contribution in [0.15, 0.2) is 12.1 Å². The summed E-state index contributed by atoms with van der Waals surface area (Å²) in [6.07, 6.45) is 3.29. The van der Waals surface area contributed by atoms with Crippen molar-refractivity contribution in [3.8, 4) is 0 Å². The van der Waals surface area contributed by atoms with Crippen LogP contribution in [0.2, 0.25) is 0 Å². The van der Waals surface area contributed by atoms with Gasteiger partial charge in [-0.1, -0.05) is 18.9 Å². The van der Waals surface area contributed by atoms with E-state index in [0.29, 0.717) is 24.1 Å². The minimum absolute atomic E-state index is 0.0321. The number of carbonyl (C=O) groups is 1. The third kappa shape index (κ3) is 3.54. The fraction of sp³-hybridized carbons (Fsp3) is 0.533. The smallest absolute Gasteiger partial charge is 0.319 e. The lowest BCUT2D eigenvalue weighted by Crippen LogP contribution is -2.42. The van der Waals surface area contributed by atoms with Crippen LogP contribution >= 0.6 is 0 Å². The van der Waals surface area contributed by atoms with Crippen LogP contribution in [0.25, 0.3) is 0 Å². The van der Waals surface area contributed by atoms with Crippen molar-refractivity contribution in [2.75, 3.05) is 11.9 Å². The highest BCUT2D eigenvalue weighted by Crippen LogP contribution is 2.30. The predicted molar refractivity (Wildman–Crippen MR) is 83.0 cm³/mol. The summed E-state index contributed by atoms with van der Waals surface area (Å²) in [6.45, 7) is 3.56. The molecule has 120 valence electrons. The second-order valence-corrected chi connectivity index (χ2v) is 5.90. The first-order valence-electron chi connectivity index (χ1n) is 7.34. The van der Waals surface area contributed by atoms with Crippen LogP contribution in [-0.4, -0.2) is 28.2 Å². The van der Waals surface area contributed by atoms with Gasteiger partial charge in [0.05, 0.1) is 21.8 Å². The van der Waals surface area contributed by atoms with Gasteiger partial charge in [-0.3, -0.25) is 10.1 Å². The van der Waals surface area contributed by atoms with Gasteiger partial charge >= 0.3 is 6.03 Å². The molecule has 1 aromatic rings. The summed E-state index contributed by atoms with van der Waals surface area (Å²) in [4.78, 5) is 22.5. The van der Waals surface area contributed by atoms with Crippen molar-refractivity contribution in [1.29, 1.82) is 0 Å². The Morgan fingerprint density at radius 3 is 2.59 bits per heavy atom. The van der Waals surface area contributed by atoms with E-state index in [0.717, 1.165) is 18.4 Å². The van der Waals surface area contributed by atoms with Gasteiger partial charge in [0.15, 0.2) is 0 Å². The highest BCUT2D eigenvalue weighted by molar-refractivity contribution is 5.91. The molecule has 0 spiro atoms. The summed E-state index contributed by atoms with van der Waals surface area (Å²) >= 11 is 0. The number of nitrogens with one attached hydrogen (secondary N) is 2. The summed E-state index contributed by atoms with van der Waals surface area (Å²) in [5, 5.41) is 26.5. The van der Waals surface area contributed by atoms with Gasteiger partial charge < -0.3 is 15.7 Å². The van der Waals surface area contributed by atoms with E-state index in [9.17, 15) is 20.0 Å². The van der Waals surface area contributed by atoms with Crippen molar-refractivity contribution in [3.63, 3.8) is 0 Å². The maximum atomic E-state index is 12.0. The Kier molecular flexibility index (Phi) is 4.65. The number of hydrogen-bond donors (Lipinski definition) is 3. The number of amides is 2. The summed E-state index contributed by atoms with van der Waals surface area (Å²) < 4.78 is 0. The van der Waals surface area contributed by atoms with Crippen LogP contribution in [0.3, 0.4) is 0 Å². The van der Waals surface area contributed by atoms with Crippen molar-refractivity contribution in [2.24, 2.45) is 0 Å². The predicted octanol–water partition coefficient (Wildman–Crippen LogP) is 2.64. The lowest BCUT2D eigenvalue weighted by atomic mass is 10.0. The number of benzene rings is 1. The van der Waals surface area contributed by atoms with Gasteiger partial charge in [-0.05, 0) is 32.3 Å². The zero-order chi connectivity index (χ0) is 16.3. The van der Waals surface area contributed by atoms with E-state index in [1.54, 1.807) is 19.9 Å². The summed E-state index contributed by atoms with van der Waals surface area (Å²) in [6, 6.07) is 2.56. The molecule has 3 N–H and O–H groups in total. The van der Waals surface area contributed by atoms with Crippen LogP contribution in [0.4, 0.5) is 16.2 Å². The van der Waals surface area contributed by atoms with Crippen molar-refractivity contribution in [1.82, 2.24) is 5.32 Å². The number of nitrogens with zero attached hydrogens (tertiary/aromatic N) is 1. The molecule has 1 saturated carbocycles. The van der Waals surface area contributed by atoms with Gasteiger partial charge in [0.25, 0.3) is 5.69 Å². The van der Waals surface area contributed by atoms with E-state index >= 15 is 0 Å². The molecule has 0 aromatic heterocycles. The monoisotopic (exact) mass is 307 g/mol. The summed E-state index contributed by atoms with van der Waals surface area (Å²) in [7, 11) is 0. The minimum atomic E-state index is -0.829. The van der Waals surface area contributed by atoms with Gasteiger partial charge in [-0.2, -0.15) is 0 Å². The maximum absolute atomic E-state index is 12.0. The van der Waals surface area contributed by atoms with Crippen molar-refractivity contribution >= 4 is 17.4 Å². The Hall–Kier alpha value is -2.15. The highest BCUT2D eigenvalue weighted by atomic mass is 16.6. The number of aliphatic hydroxyl groups is 1. The van der Waals surface area contributed by atoms with Crippen molar-refractivity contribution < 1.29 is 14.8 Å². The van der Waals surface area contributed by atoms with Gasteiger partial charge in [-0.15, -0.1) is 0 Å². The molecular formula is C15H21N3O4. The molecule has 0 unspecified atom stereocenters. The third-order valence-electron chi connectivity index (χ3n) is 4.19. The van der Waals surface area contributed by atoms with E-state index in [-0.39, 0.29) is 12.2 Å². The van der Waals surface area contributed by atoms with Crippen LogP contribution in [0.1, 0.15) is 36.8 Å². The van der Waals surface area contributed by atoms with Gasteiger partial charge in [0.2, 0.25) is 0 Å². The molecular weight excluding hydrogens is 286 g/mol. The molecule has 0 radical (unpaired) electrons. The topological polar surface area (TPSA) is 105 Å². The molecule has 22 heavy (non-hydrogen) atoms. The van der Waals surface area contributed by atoms with E-state index < -0.39 is 16.6 Å². The van der Waals surface area contributed by atoms with Gasteiger partial charge in [0, 0.05) is 12.6 Å². The van der Waals surface area contributed by atoms with Crippen molar-refractivity contribution in [2.45, 2.75) is 45.1 Å². The fourth-order valence-electron chi connectivity index (χ4n) is 2.84. The fourth-order valence-corrected chi connectivity index (χ4v) is 2.84. The molecule has 1 aliphatic carbocycles. The molecule has 1 fully saturated rings. The Morgan fingerprint density at radius 2 is 2.00 bits per heavy atom. The second kappa shape index (κ2) is 6.31. The summed E-state index contributed by atoms with van der Waals surface area (Å²) in [5.41, 5.74) is 0.738. The average Bonchev–Trinajstić information content (AvgIpc) is 2.88. The molecule has 0 heterocycles. The second-order valence-electron chi connectivity index (χ2n) is 5.90. The number of nitro groups is 1. The van der Waals surface area contributed by atoms with E-state index in [4.69, 9.17) is 0 Å². The number of urea groups is 1. The molecule has 0 bridgehead atoms. The maximum Gasteiger partial charge on any atom is 0.319 e. The highest BCUT2D eigenvalue weighted by Gasteiger charge is 2.31. The van der Waals surface area contributed by atoms with Gasteiger partial charge in [0.1, 0.15) is 0 Å². The first-order chi connectivity index (χ1) is 10.3. The third-order valence-corrected chi connectivity index (χ3v) is 4.19. The minimum Gasteiger partial charge on any atom is -0.388 e. The average molecular weight is 307 g/mol. The Bertz CT molecular complexity index is 595. The molecule has 1 aliphatic rings. The summed E-state index contributed by atoms with van der Waals surface area (Å²) in [5.74, 6) is 0. The number of nitro benzene ring substituents is 1. The van der Waals surface area contributed by atoms with E-state index in [1.165, 1.54) is 6.07 Å². The number of carbonyl (C=O) groups excluding carboxylic acids is 1. The van der Waals surface area contributed by atoms with Crippen LogP contribution in [-0.2, 0) is 0 Å². The number of aryl methyl sites for hydroxylation is 1. The number of hydrogen-bond acceptors (Lipinski definition) is 4. The number of anilines is 1. The molecule has 1 aromatic carbocycles. The standard InChI is InChI=1S/C15H21N3O4/c1-10-5-6-12(18(21)22)11(2)13(10)17-14(19)16-9-15(20)7-3-4-8-15/h5-6,20H,3-4,7-9H2,1-2H3,(H2,16,17,19). The molecule has 0 aliphatic heterocycles. The molecule has 7 heteroatoms. The van der Waals surface area contributed by atoms with Crippen LogP contribution in [0, 0.1) is 24.0 Å². The Morgan fingerprint density at radius 1 is 1.36 bits per heavy atom. The van der Waals surface area contributed by atoms with Crippen LogP contribution in [0.5, 0.6) is 0 Å². The first-order valence-corrected chi connectivity index (χ1v) is 7.34. The Balaban J connectivity index is 2.05. The largest absolute Gasteiger partial charge is 0.388 e. The van der Waals surface area contributed by atoms with Crippen molar-refractivity contribution in [3.05, 3.63) is 33.4 Å². The Labute approximate surface area is 128 Å². The molecule has 0 saturated heterocycles. The van der Waals surface area contributed by atoms with Crippen LogP contribution < -0.4 is 10.6 Å². The molecule has 2 amide bonds. The first kappa shape index (κ1) is 16.2. The molecule has 0 atom stereocenters. The quantitative estimate of drug-likeness (QED) is 0.587. The molecule has 2 rings (SSSR count). The lowest BCUT2D eigenvalue weighted by molar-refractivity contribution is -0.385. The zero-order valence-electron chi connectivity index (χ0n) is 12.8. The number of rotatable bonds is 4.